The molecule has 1 atom stereocenters. The van der Waals surface area contributed by atoms with Gasteiger partial charge in [-0.3, -0.25) is 4.57 Å². The molecule has 98 valence electrons. The maximum absolute atomic E-state index is 5.96. The molecule has 0 aliphatic rings. The third kappa shape index (κ3) is 2.25. The molecular weight excluding hydrogens is 228 g/mol. The summed E-state index contributed by atoms with van der Waals surface area (Å²) in [6.45, 7) is 7.43. The number of nitrogens with zero attached hydrogens (tertiary/aromatic N) is 3. The Labute approximate surface area is 107 Å². The molecule has 0 saturated heterocycles. The fourth-order valence-electron chi connectivity index (χ4n) is 1.79. The van der Waals surface area contributed by atoms with E-state index in [1.54, 1.807) is 13.2 Å². The maximum atomic E-state index is 5.96. The molecule has 2 heterocycles. The summed E-state index contributed by atoms with van der Waals surface area (Å²) < 4.78 is 7.11. The fourth-order valence-corrected chi connectivity index (χ4v) is 1.79. The monoisotopic (exact) mass is 248 g/mol. The number of imidazole rings is 1. The minimum atomic E-state index is 0.512. The lowest BCUT2D eigenvalue weighted by Gasteiger charge is -2.17. The molecule has 0 fully saturated rings. The number of fused-ring (bicyclic) bond motifs is 1. The molecule has 2 aromatic rings. The molecule has 0 aliphatic carbocycles. The van der Waals surface area contributed by atoms with Gasteiger partial charge in [-0.15, -0.1) is 0 Å². The zero-order valence-electron chi connectivity index (χ0n) is 11.3. The average Bonchev–Trinajstić information content (AvgIpc) is 2.65. The fraction of sp³-hybridized carbons (Fsp3) is 0.538. The van der Waals surface area contributed by atoms with Crippen molar-refractivity contribution in [3.63, 3.8) is 0 Å². The van der Waals surface area contributed by atoms with Crippen LogP contribution in [0.5, 0.6) is 5.88 Å². The molecule has 0 aliphatic heterocycles. The van der Waals surface area contributed by atoms with Crippen molar-refractivity contribution in [2.24, 2.45) is 11.8 Å². The van der Waals surface area contributed by atoms with Crippen LogP contribution in [0.4, 0.5) is 5.95 Å². The van der Waals surface area contributed by atoms with Crippen molar-refractivity contribution in [1.29, 1.82) is 0 Å². The second-order valence-corrected chi connectivity index (χ2v) is 5.00. The standard InChI is InChI=1S/C13H20N4O/c1-8(2)9(3)7-17-12-10(15-13(17)14)5-6-11(16-12)18-4/h5-6,8-9H,7H2,1-4H3,(H2,14,15). The summed E-state index contributed by atoms with van der Waals surface area (Å²) in [6, 6.07) is 3.68. The third-order valence-electron chi connectivity index (χ3n) is 3.41. The Morgan fingerprint density at radius 2 is 2.00 bits per heavy atom. The molecule has 5 heteroatoms. The first-order chi connectivity index (χ1) is 8.52. The van der Waals surface area contributed by atoms with Crippen molar-refractivity contribution in [2.45, 2.75) is 27.3 Å². The lowest BCUT2D eigenvalue weighted by Crippen LogP contribution is -2.15. The van der Waals surface area contributed by atoms with Crippen LogP contribution in [-0.4, -0.2) is 21.6 Å². The molecular formula is C13H20N4O. The van der Waals surface area contributed by atoms with E-state index in [9.17, 15) is 0 Å². The van der Waals surface area contributed by atoms with Crippen LogP contribution < -0.4 is 10.5 Å². The molecule has 2 N–H and O–H groups in total. The van der Waals surface area contributed by atoms with Crippen LogP contribution >= 0.6 is 0 Å². The first-order valence-corrected chi connectivity index (χ1v) is 6.19. The highest BCUT2D eigenvalue weighted by Crippen LogP contribution is 2.22. The molecule has 2 aromatic heterocycles. The van der Waals surface area contributed by atoms with Crippen LogP contribution in [0.2, 0.25) is 0 Å². The number of methoxy groups -OCH3 is 1. The molecule has 0 radical (unpaired) electrons. The summed E-state index contributed by atoms with van der Waals surface area (Å²) in [5, 5.41) is 0. The van der Waals surface area contributed by atoms with Crippen LogP contribution in [-0.2, 0) is 6.54 Å². The maximum Gasteiger partial charge on any atom is 0.215 e. The molecule has 2 rings (SSSR count). The lowest BCUT2D eigenvalue weighted by molar-refractivity contribution is 0.368. The Hall–Kier alpha value is -1.78. The van der Waals surface area contributed by atoms with Crippen LogP contribution in [0.25, 0.3) is 11.2 Å². The summed E-state index contributed by atoms with van der Waals surface area (Å²) in [6.07, 6.45) is 0. The number of nitrogens with two attached hydrogens (primary N) is 1. The van der Waals surface area contributed by atoms with Gasteiger partial charge >= 0.3 is 0 Å². The number of hydrogen-bond acceptors (Lipinski definition) is 4. The van der Waals surface area contributed by atoms with Gasteiger partial charge < -0.3 is 10.5 Å². The summed E-state index contributed by atoms with van der Waals surface area (Å²) >= 11 is 0. The second-order valence-electron chi connectivity index (χ2n) is 5.00. The summed E-state index contributed by atoms with van der Waals surface area (Å²) in [5.74, 6) is 2.20. The molecule has 0 amide bonds. The van der Waals surface area contributed by atoms with E-state index in [0.717, 1.165) is 17.7 Å². The third-order valence-corrected chi connectivity index (χ3v) is 3.41. The van der Waals surface area contributed by atoms with E-state index >= 15 is 0 Å². The number of nitrogen functional groups attached to an aromatic ring is 1. The number of rotatable bonds is 4. The van der Waals surface area contributed by atoms with Gasteiger partial charge in [-0.1, -0.05) is 20.8 Å². The van der Waals surface area contributed by atoms with Gasteiger partial charge in [-0.05, 0) is 17.9 Å². The Morgan fingerprint density at radius 3 is 2.61 bits per heavy atom. The first-order valence-electron chi connectivity index (χ1n) is 6.19. The van der Waals surface area contributed by atoms with Crippen molar-refractivity contribution in [3.8, 4) is 5.88 Å². The van der Waals surface area contributed by atoms with Crippen molar-refractivity contribution in [2.75, 3.05) is 12.8 Å². The molecule has 0 spiro atoms. The van der Waals surface area contributed by atoms with Crippen LogP contribution in [0.1, 0.15) is 20.8 Å². The molecule has 0 saturated carbocycles. The molecule has 0 aromatic carbocycles. The van der Waals surface area contributed by atoms with E-state index in [-0.39, 0.29) is 0 Å². The number of aromatic nitrogens is 3. The predicted octanol–water partition coefficient (Wildman–Crippen LogP) is 2.31. The number of hydrogen-bond donors (Lipinski definition) is 1. The van der Waals surface area contributed by atoms with Gasteiger partial charge in [0.1, 0.15) is 5.52 Å². The van der Waals surface area contributed by atoms with Gasteiger partial charge in [-0.25, -0.2) is 4.98 Å². The Morgan fingerprint density at radius 1 is 1.28 bits per heavy atom. The van der Waals surface area contributed by atoms with E-state index in [1.807, 2.05) is 10.6 Å². The minimum absolute atomic E-state index is 0.512. The van der Waals surface area contributed by atoms with Crippen molar-refractivity contribution in [3.05, 3.63) is 12.1 Å². The van der Waals surface area contributed by atoms with Crippen molar-refractivity contribution >= 4 is 17.1 Å². The summed E-state index contributed by atoms with van der Waals surface area (Å²) in [4.78, 5) is 8.75. The zero-order valence-corrected chi connectivity index (χ0v) is 11.3. The highest BCUT2D eigenvalue weighted by molar-refractivity contribution is 5.74. The molecule has 18 heavy (non-hydrogen) atoms. The van der Waals surface area contributed by atoms with Crippen molar-refractivity contribution < 1.29 is 4.74 Å². The van der Waals surface area contributed by atoms with Gasteiger partial charge in [0.15, 0.2) is 5.65 Å². The average molecular weight is 248 g/mol. The van der Waals surface area contributed by atoms with Gasteiger partial charge in [0.2, 0.25) is 11.8 Å². The van der Waals surface area contributed by atoms with E-state index in [1.165, 1.54) is 0 Å². The summed E-state index contributed by atoms with van der Waals surface area (Å²) in [7, 11) is 1.61. The predicted molar refractivity (Wildman–Crippen MR) is 72.5 cm³/mol. The Bertz CT molecular complexity index is 547. The van der Waals surface area contributed by atoms with Crippen LogP contribution in [0.3, 0.4) is 0 Å². The quantitative estimate of drug-likeness (QED) is 0.901. The first kappa shape index (κ1) is 12.7. The molecule has 1 unspecified atom stereocenters. The van der Waals surface area contributed by atoms with Gasteiger partial charge in [0.25, 0.3) is 0 Å². The number of anilines is 1. The van der Waals surface area contributed by atoms with Crippen LogP contribution in [0.15, 0.2) is 12.1 Å². The Kier molecular flexibility index (Phi) is 3.41. The Balaban J connectivity index is 2.44. The topological polar surface area (TPSA) is 66.0 Å². The van der Waals surface area contributed by atoms with Gasteiger partial charge in [0, 0.05) is 12.6 Å². The zero-order chi connectivity index (χ0) is 13.3. The van der Waals surface area contributed by atoms with Crippen LogP contribution in [0, 0.1) is 11.8 Å². The normalized spacial score (nSPS) is 13.2. The molecule has 5 nitrogen and oxygen atoms in total. The second kappa shape index (κ2) is 4.84. The number of ether oxygens (including phenoxy) is 1. The smallest absolute Gasteiger partial charge is 0.215 e. The SMILES string of the molecule is COc1ccc2nc(N)n(CC(C)C(C)C)c2n1. The van der Waals surface area contributed by atoms with E-state index in [4.69, 9.17) is 10.5 Å². The number of pyridine rings is 1. The van der Waals surface area contributed by atoms with Gasteiger partial charge in [0.05, 0.1) is 7.11 Å². The highest BCUT2D eigenvalue weighted by atomic mass is 16.5. The van der Waals surface area contributed by atoms with Crippen molar-refractivity contribution in [1.82, 2.24) is 14.5 Å². The minimum Gasteiger partial charge on any atom is -0.481 e. The van der Waals surface area contributed by atoms with E-state index in [0.29, 0.717) is 23.7 Å². The van der Waals surface area contributed by atoms with Gasteiger partial charge in [-0.2, -0.15) is 4.98 Å². The molecule has 0 bridgehead atoms. The summed E-state index contributed by atoms with van der Waals surface area (Å²) in [5.41, 5.74) is 7.56. The largest absolute Gasteiger partial charge is 0.481 e. The highest BCUT2D eigenvalue weighted by Gasteiger charge is 2.15. The lowest BCUT2D eigenvalue weighted by atomic mass is 9.98. The van der Waals surface area contributed by atoms with E-state index in [2.05, 4.69) is 30.7 Å². The van der Waals surface area contributed by atoms with E-state index < -0.39 is 0 Å².